The smallest absolute Gasteiger partial charge is 0.270 e. The molecule has 1 aromatic carbocycles. The summed E-state index contributed by atoms with van der Waals surface area (Å²) < 4.78 is 5.41. The summed E-state index contributed by atoms with van der Waals surface area (Å²) in [4.78, 5) is 43.6. The Bertz CT molecular complexity index is 1130. The van der Waals surface area contributed by atoms with Crippen molar-refractivity contribution in [2.75, 3.05) is 13.7 Å². The SMILES string of the molecule is COc1cccc2[nH]c(C(=O)N3C[C@H](C(C)C)C[C@H]3C(=O)N[C@H](C#N)C[C@@H]3CCCC3=O)cc12. The minimum absolute atomic E-state index is 0.168. The Morgan fingerprint density at radius 2 is 2.15 bits per heavy atom. The van der Waals surface area contributed by atoms with E-state index in [0.29, 0.717) is 43.2 Å². The largest absolute Gasteiger partial charge is 0.496 e. The van der Waals surface area contributed by atoms with E-state index >= 15 is 0 Å². The van der Waals surface area contributed by atoms with Crippen molar-refractivity contribution in [3.05, 3.63) is 30.0 Å². The van der Waals surface area contributed by atoms with Crippen LogP contribution in [0.4, 0.5) is 0 Å². The molecule has 2 N–H and O–H groups in total. The van der Waals surface area contributed by atoms with E-state index in [-0.39, 0.29) is 29.4 Å². The molecule has 2 aromatic rings. The van der Waals surface area contributed by atoms with E-state index in [1.54, 1.807) is 18.1 Å². The van der Waals surface area contributed by atoms with Crippen LogP contribution >= 0.6 is 0 Å². The van der Waals surface area contributed by atoms with Gasteiger partial charge in [-0.2, -0.15) is 5.26 Å². The van der Waals surface area contributed by atoms with Gasteiger partial charge < -0.3 is 19.9 Å². The average molecular weight is 465 g/mol. The number of nitrogens with zero attached hydrogens (tertiary/aromatic N) is 2. The van der Waals surface area contributed by atoms with Crippen LogP contribution in [0.5, 0.6) is 5.75 Å². The first-order chi connectivity index (χ1) is 16.3. The number of methoxy groups -OCH3 is 1. The van der Waals surface area contributed by atoms with Gasteiger partial charge in [-0.25, -0.2) is 0 Å². The lowest BCUT2D eigenvalue weighted by Gasteiger charge is -2.25. The number of ether oxygens (including phenoxy) is 1. The summed E-state index contributed by atoms with van der Waals surface area (Å²) in [6.07, 6.45) is 3.02. The van der Waals surface area contributed by atoms with Gasteiger partial charge in [0.25, 0.3) is 5.91 Å². The first kappa shape index (κ1) is 23.8. The highest BCUT2D eigenvalue weighted by Crippen LogP contribution is 2.32. The maximum atomic E-state index is 13.5. The lowest BCUT2D eigenvalue weighted by Crippen LogP contribution is -2.49. The predicted octanol–water partition coefficient (Wildman–Crippen LogP) is 3.43. The van der Waals surface area contributed by atoms with Gasteiger partial charge in [0.2, 0.25) is 5.91 Å². The lowest BCUT2D eigenvalue weighted by atomic mass is 9.93. The fourth-order valence-corrected chi connectivity index (χ4v) is 5.23. The second kappa shape index (κ2) is 9.88. The maximum Gasteiger partial charge on any atom is 0.270 e. The number of hydrogen-bond donors (Lipinski definition) is 2. The molecule has 2 amide bonds. The molecule has 180 valence electrons. The number of Topliss-reactive ketones (excluding diaryl/α,β-unsaturated/α-hetero) is 1. The first-order valence-corrected chi connectivity index (χ1v) is 12.0. The van der Waals surface area contributed by atoms with Gasteiger partial charge in [-0.1, -0.05) is 19.9 Å². The molecule has 0 bridgehead atoms. The highest BCUT2D eigenvalue weighted by Gasteiger charge is 2.42. The van der Waals surface area contributed by atoms with Crippen LogP contribution in [0.25, 0.3) is 10.9 Å². The molecule has 1 saturated heterocycles. The second-order valence-electron chi connectivity index (χ2n) is 9.80. The van der Waals surface area contributed by atoms with E-state index in [0.717, 1.165) is 23.7 Å². The highest BCUT2D eigenvalue weighted by atomic mass is 16.5. The van der Waals surface area contributed by atoms with Crippen LogP contribution < -0.4 is 10.1 Å². The molecule has 8 heteroatoms. The number of likely N-dealkylation sites (tertiary alicyclic amines) is 1. The molecule has 8 nitrogen and oxygen atoms in total. The minimum atomic E-state index is -0.744. The van der Waals surface area contributed by atoms with E-state index in [2.05, 4.69) is 30.2 Å². The number of carbonyl (C=O) groups is 3. The Kier molecular flexibility index (Phi) is 6.92. The van der Waals surface area contributed by atoms with Gasteiger partial charge >= 0.3 is 0 Å². The summed E-state index contributed by atoms with van der Waals surface area (Å²) in [6, 6.07) is 8.05. The standard InChI is InChI=1S/C26H32N4O4/c1-15(2)17-11-22(25(32)28-18(13-27)10-16-6-4-8-23(16)31)30(14-17)26(33)21-12-19-20(29-21)7-5-9-24(19)34-3/h5,7,9,12,15-18,22,29H,4,6,8,10-11,14H2,1-3H3,(H,28,32)/t16-,17+,18-,22-/m0/s1. The van der Waals surface area contributed by atoms with E-state index in [4.69, 9.17) is 4.74 Å². The van der Waals surface area contributed by atoms with Crippen molar-refractivity contribution in [2.45, 2.75) is 58.0 Å². The number of aromatic amines is 1. The molecule has 1 saturated carbocycles. The molecule has 0 radical (unpaired) electrons. The number of benzene rings is 1. The van der Waals surface area contributed by atoms with Gasteiger partial charge in [-0.15, -0.1) is 0 Å². The third-order valence-electron chi connectivity index (χ3n) is 7.34. The molecular formula is C26H32N4O4. The van der Waals surface area contributed by atoms with E-state index < -0.39 is 12.1 Å². The van der Waals surface area contributed by atoms with Gasteiger partial charge in [0.15, 0.2) is 0 Å². The molecule has 34 heavy (non-hydrogen) atoms. The summed E-state index contributed by atoms with van der Waals surface area (Å²) >= 11 is 0. The molecule has 0 spiro atoms. The first-order valence-electron chi connectivity index (χ1n) is 12.0. The number of rotatable bonds is 7. The van der Waals surface area contributed by atoms with Crippen molar-refractivity contribution in [2.24, 2.45) is 17.8 Å². The third kappa shape index (κ3) is 4.65. The summed E-state index contributed by atoms with van der Waals surface area (Å²) in [5.74, 6) is 0.566. The van der Waals surface area contributed by atoms with Crippen molar-refractivity contribution < 1.29 is 19.1 Å². The van der Waals surface area contributed by atoms with Gasteiger partial charge in [0, 0.05) is 29.8 Å². The molecule has 1 aliphatic heterocycles. The van der Waals surface area contributed by atoms with E-state index in [1.165, 1.54) is 0 Å². The zero-order valence-corrected chi connectivity index (χ0v) is 20.0. The number of carbonyl (C=O) groups excluding carboxylic acids is 3. The molecule has 1 aliphatic carbocycles. The van der Waals surface area contributed by atoms with Gasteiger partial charge in [0.05, 0.1) is 13.2 Å². The molecule has 2 aliphatic rings. The van der Waals surface area contributed by atoms with Crippen molar-refractivity contribution >= 4 is 28.5 Å². The van der Waals surface area contributed by atoms with Crippen LogP contribution in [0.15, 0.2) is 24.3 Å². The van der Waals surface area contributed by atoms with Gasteiger partial charge in [-0.05, 0) is 55.7 Å². The zero-order chi connectivity index (χ0) is 24.4. The number of ketones is 1. The predicted molar refractivity (Wildman–Crippen MR) is 127 cm³/mol. The van der Waals surface area contributed by atoms with Crippen molar-refractivity contribution in [3.63, 3.8) is 0 Å². The molecular weight excluding hydrogens is 432 g/mol. The fraction of sp³-hybridized carbons (Fsp3) is 0.538. The Labute approximate surface area is 199 Å². The summed E-state index contributed by atoms with van der Waals surface area (Å²) in [6.45, 7) is 4.65. The van der Waals surface area contributed by atoms with Crippen molar-refractivity contribution in [1.29, 1.82) is 5.26 Å². The summed E-state index contributed by atoms with van der Waals surface area (Å²) in [7, 11) is 1.59. The Morgan fingerprint density at radius 1 is 1.35 bits per heavy atom. The number of hydrogen-bond acceptors (Lipinski definition) is 5. The van der Waals surface area contributed by atoms with Crippen LogP contribution in [0.3, 0.4) is 0 Å². The molecule has 2 fully saturated rings. The number of H-pyrrole nitrogens is 1. The third-order valence-corrected chi connectivity index (χ3v) is 7.34. The number of amides is 2. The van der Waals surface area contributed by atoms with Crippen LogP contribution in [-0.2, 0) is 9.59 Å². The zero-order valence-electron chi connectivity index (χ0n) is 20.0. The van der Waals surface area contributed by atoms with Crippen molar-refractivity contribution in [1.82, 2.24) is 15.2 Å². The lowest BCUT2D eigenvalue weighted by molar-refractivity contribution is -0.126. The van der Waals surface area contributed by atoms with Crippen LogP contribution in [0.2, 0.25) is 0 Å². The Hall–Kier alpha value is -3.34. The van der Waals surface area contributed by atoms with Gasteiger partial charge in [-0.3, -0.25) is 14.4 Å². The second-order valence-corrected chi connectivity index (χ2v) is 9.80. The normalized spacial score (nSPS) is 23.3. The number of nitriles is 1. The minimum Gasteiger partial charge on any atom is -0.496 e. The van der Waals surface area contributed by atoms with Crippen molar-refractivity contribution in [3.8, 4) is 11.8 Å². The molecule has 4 rings (SSSR count). The Morgan fingerprint density at radius 3 is 2.79 bits per heavy atom. The molecule has 4 atom stereocenters. The number of aromatic nitrogens is 1. The molecule has 0 unspecified atom stereocenters. The quantitative estimate of drug-likeness (QED) is 0.651. The van der Waals surface area contributed by atoms with E-state index in [1.807, 2.05) is 18.2 Å². The average Bonchev–Trinajstić information content (AvgIpc) is 3.56. The number of nitrogens with one attached hydrogen (secondary N) is 2. The summed E-state index contributed by atoms with van der Waals surface area (Å²) in [5, 5.41) is 13.2. The Balaban J connectivity index is 1.54. The van der Waals surface area contributed by atoms with E-state index in [9.17, 15) is 19.6 Å². The van der Waals surface area contributed by atoms with Crippen LogP contribution in [0, 0.1) is 29.1 Å². The van der Waals surface area contributed by atoms with Gasteiger partial charge in [0.1, 0.15) is 29.3 Å². The molecule has 2 heterocycles. The topological polar surface area (TPSA) is 115 Å². The van der Waals surface area contributed by atoms with Crippen LogP contribution in [-0.4, -0.2) is 53.2 Å². The fourth-order valence-electron chi connectivity index (χ4n) is 5.23. The maximum absolute atomic E-state index is 13.5. The number of fused-ring (bicyclic) bond motifs is 1. The van der Waals surface area contributed by atoms with Crippen LogP contribution in [0.1, 0.15) is 56.4 Å². The summed E-state index contributed by atoms with van der Waals surface area (Å²) in [5.41, 5.74) is 1.18. The molecule has 1 aromatic heterocycles. The highest BCUT2D eigenvalue weighted by molar-refractivity contribution is 6.01. The monoisotopic (exact) mass is 464 g/mol.